The van der Waals surface area contributed by atoms with Gasteiger partial charge in [0.25, 0.3) is 0 Å². The molecule has 0 aliphatic carbocycles. The normalized spacial score (nSPS) is 17.2. The van der Waals surface area contributed by atoms with Gasteiger partial charge >= 0.3 is 0 Å². The van der Waals surface area contributed by atoms with Gasteiger partial charge < -0.3 is 4.52 Å². The Labute approximate surface area is 146 Å². The van der Waals surface area contributed by atoms with Gasteiger partial charge in [-0.05, 0) is 44.0 Å². The topological polar surface area (TPSA) is 88.3 Å². The zero-order valence-corrected chi connectivity index (χ0v) is 14.8. The molecule has 130 valence electrons. The van der Waals surface area contributed by atoms with Crippen LogP contribution < -0.4 is 4.72 Å². The molecule has 1 N–H and O–H groups in total. The molecule has 0 unspecified atom stereocenters. The molecule has 0 saturated carbocycles. The summed E-state index contributed by atoms with van der Waals surface area (Å²) in [5, 5.41) is 4.28. The fourth-order valence-corrected chi connectivity index (χ4v) is 4.14. The number of halogens is 1. The summed E-state index contributed by atoms with van der Waals surface area (Å²) in [5.74, 6) is 1.21. The number of hydrogen-bond donors (Lipinski definition) is 1. The van der Waals surface area contributed by atoms with E-state index in [1.807, 2.05) is 0 Å². The number of nitrogens with one attached hydrogen (secondary N) is 1. The lowest BCUT2D eigenvalue weighted by Crippen LogP contribution is -2.44. The van der Waals surface area contributed by atoms with E-state index in [4.69, 9.17) is 16.1 Å². The van der Waals surface area contributed by atoms with Crippen molar-refractivity contribution in [1.29, 1.82) is 0 Å². The summed E-state index contributed by atoms with van der Waals surface area (Å²) in [6, 6.07) is 6.09. The molecule has 9 heteroatoms. The molecule has 2 heterocycles. The van der Waals surface area contributed by atoms with Gasteiger partial charge in [-0.1, -0.05) is 16.8 Å². The quantitative estimate of drug-likeness (QED) is 0.865. The predicted molar refractivity (Wildman–Crippen MR) is 89.1 cm³/mol. The monoisotopic (exact) mass is 370 g/mol. The Hall–Kier alpha value is -1.48. The SMILES string of the molecule is Cc1noc(CN2CCC(NS(=O)(=O)c3ccc(Cl)cc3)CC2)n1. The molecular formula is C15H19ClN4O3S. The zero-order valence-electron chi connectivity index (χ0n) is 13.3. The maximum Gasteiger partial charge on any atom is 0.240 e. The third-order valence-electron chi connectivity index (χ3n) is 3.96. The van der Waals surface area contributed by atoms with Crippen LogP contribution >= 0.6 is 11.6 Å². The zero-order chi connectivity index (χ0) is 17.2. The van der Waals surface area contributed by atoms with Crippen LogP contribution in [0.5, 0.6) is 0 Å². The van der Waals surface area contributed by atoms with Crippen molar-refractivity contribution in [2.75, 3.05) is 13.1 Å². The molecule has 0 bridgehead atoms. The minimum atomic E-state index is -3.52. The van der Waals surface area contributed by atoms with E-state index in [9.17, 15) is 8.42 Å². The fraction of sp³-hybridized carbons (Fsp3) is 0.467. The average Bonchev–Trinajstić information content (AvgIpc) is 2.94. The van der Waals surface area contributed by atoms with E-state index >= 15 is 0 Å². The van der Waals surface area contributed by atoms with Crippen LogP contribution in [0.15, 0.2) is 33.7 Å². The minimum Gasteiger partial charge on any atom is -0.338 e. The van der Waals surface area contributed by atoms with Gasteiger partial charge in [0, 0.05) is 24.2 Å². The Morgan fingerprint density at radius 3 is 2.54 bits per heavy atom. The average molecular weight is 371 g/mol. The Kier molecular flexibility index (Phi) is 5.19. The number of nitrogens with zero attached hydrogens (tertiary/aromatic N) is 3. The number of aromatic nitrogens is 2. The summed E-state index contributed by atoms with van der Waals surface area (Å²) in [5.41, 5.74) is 0. The largest absolute Gasteiger partial charge is 0.338 e. The van der Waals surface area contributed by atoms with E-state index in [0.717, 1.165) is 25.9 Å². The number of piperidine rings is 1. The highest BCUT2D eigenvalue weighted by atomic mass is 35.5. The molecule has 1 aromatic carbocycles. The maximum atomic E-state index is 12.4. The first-order chi connectivity index (χ1) is 11.4. The molecule has 0 amide bonds. The van der Waals surface area contributed by atoms with Gasteiger partial charge in [-0.3, -0.25) is 4.90 Å². The van der Waals surface area contributed by atoms with Crippen LogP contribution in [0.25, 0.3) is 0 Å². The van der Waals surface area contributed by atoms with Crippen LogP contribution in [0, 0.1) is 6.92 Å². The lowest BCUT2D eigenvalue weighted by molar-refractivity contribution is 0.177. The molecule has 3 rings (SSSR count). The molecule has 1 saturated heterocycles. The highest BCUT2D eigenvalue weighted by Gasteiger charge is 2.25. The first-order valence-corrected chi connectivity index (χ1v) is 9.58. The van der Waals surface area contributed by atoms with Crippen molar-refractivity contribution >= 4 is 21.6 Å². The van der Waals surface area contributed by atoms with Crippen molar-refractivity contribution in [3.05, 3.63) is 41.0 Å². The Morgan fingerprint density at radius 1 is 1.29 bits per heavy atom. The van der Waals surface area contributed by atoms with Gasteiger partial charge in [0.2, 0.25) is 15.9 Å². The van der Waals surface area contributed by atoms with Gasteiger partial charge in [-0.2, -0.15) is 4.98 Å². The first kappa shape index (κ1) is 17.3. The van der Waals surface area contributed by atoms with Crippen molar-refractivity contribution in [2.45, 2.75) is 37.2 Å². The number of aryl methyl sites for hydroxylation is 1. The summed E-state index contributed by atoms with van der Waals surface area (Å²) >= 11 is 5.80. The van der Waals surface area contributed by atoms with Crippen LogP contribution in [-0.4, -0.2) is 42.6 Å². The molecule has 0 spiro atoms. The highest BCUT2D eigenvalue weighted by Crippen LogP contribution is 2.18. The fourth-order valence-electron chi connectivity index (χ4n) is 2.71. The van der Waals surface area contributed by atoms with Gasteiger partial charge in [-0.15, -0.1) is 0 Å². The van der Waals surface area contributed by atoms with Crippen LogP contribution in [-0.2, 0) is 16.6 Å². The molecule has 0 radical (unpaired) electrons. The van der Waals surface area contributed by atoms with Crippen LogP contribution in [0.4, 0.5) is 0 Å². The van der Waals surface area contributed by atoms with Crippen LogP contribution in [0.2, 0.25) is 5.02 Å². The summed E-state index contributed by atoms with van der Waals surface area (Å²) in [4.78, 5) is 6.60. The van der Waals surface area contributed by atoms with E-state index in [1.54, 1.807) is 19.1 Å². The summed E-state index contributed by atoms with van der Waals surface area (Å²) in [7, 11) is -3.52. The second-order valence-electron chi connectivity index (χ2n) is 5.86. The molecule has 7 nitrogen and oxygen atoms in total. The Balaban J connectivity index is 1.54. The smallest absolute Gasteiger partial charge is 0.240 e. The number of rotatable bonds is 5. The summed E-state index contributed by atoms with van der Waals surface area (Å²) in [6.45, 7) is 3.92. The van der Waals surface area contributed by atoms with Gasteiger partial charge in [0.05, 0.1) is 11.4 Å². The molecule has 24 heavy (non-hydrogen) atoms. The number of sulfonamides is 1. The van der Waals surface area contributed by atoms with Crippen molar-refractivity contribution in [1.82, 2.24) is 19.8 Å². The minimum absolute atomic E-state index is 0.0775. The predicted octanol–water partition coefficient (Wildman–Crippen LogP) is 1.97. The van der Waals surface area contributed by atoms with E-state index in [1.165, 1.54) is 12.1 Å². The van der Waals surface area contributed by atoms with Gasteiger partial charge in [0.15, 0.2) is 5.82 Å². The second kappa shape index (κ2) is 7.18. The molecule has 1 aliphatic heterocycles. The molecule has 2 aromatic rings. The third-order valence-corrected chi connectivity index (χ3v) is 5.75. The van der Waals surface area contributed by atoms with Crippen molar-refractivity contribution in [2.24, 2.45) is 0 Å². The molecule has 1 aromatic heterocycles. The van der Waals surface area contributed by atoms with Gasteiger partial charge in [-0.25, -0.2) is 13.1 Å². The first-order valence-electron chi connectivity index (χ1n) is 7.72. The second-order valence-corrected chi connectivity index (χ2v) is 8.01. The van der Waals surface area contributed by atoms with Crippen molar-refractivity contribution in [3.8, 4) is 0 Å². The standard InChI is InChI=1S/C15H19ClN4O3S/c1-11-17-15(23-18-11)10-20-8-6-13(7-9-20)19-24(21,22)14-4-2-12(16)3-5-14/h2-5,13,19H,6-10H2,1H3. The van der Waals surface area contributed by atoms with E-state index in [0.29, 0.717) is 23.3 Å². The Bertz CT molecular complexity index is 783. The molecular weight excluding hydrogens is 352 g/mol. The van der Waals surface area contributed by atoms with Gasteiger partial charge in [0.1, 0.15) is 0 Å². The summed E-state index contributed by atoms with van der Waals surface area (Å²) in [6.07, 6.45) is 1.47. The molecule has 1 fully saturated rings. The van der Waals surface area contributed by atoms with Crippen LogP contribution in [0.1, 0.15) is 24.6 Å². The third kappa shape index (κ3) is 4.32. The number of benzene rings is 1. The maximum absolute atomic E-state index is 12.4. The lowest BCUT2D eigenvalue weighted by atomic mass is 10.1. The van der Waals surface area contributed by atoms with Crippen molar-refractivity contribution < 1.29 is 12.9 Å². The van der Waals surface area contributed by atoms with E-state index < -0.39 is 10.0 Å². The van der Waals surface area contributed by atoms with Crippen LogP contribution in [0.3, 0.4) is 0 Å². The lowest BCUT2D eigenvalue weighted by Gasteiger charge is -2.31. The Morgan fingerprint density at radius 2 is 1.96 bits per heavy atom. The van der Waals surface area contributed by atoms with E-state index in [-0.39, 0.29) is 10.9 Å². The summed E-state index contributed by atoms with van der Waals surface area (Å²) < 4.78 is 32.7. The van der Waals surface area contributed by atoms with E-state index in [2.05, 4.69) is 19.8 Å². The van der Waals surface area contributed by atoms with Crippen molar-refractivity contribution in [3.63, 3.8) is 0 Å². The molecule has 1 aliphatic rings. The molecule has 0 atom stereocenters. The number of hydrogen-bond acceptors (Lipinski definition) is 6. The number of likely N-dealkylation sites (tertiary alicyclic amines) is 1. The highest BCUT2D eigenvalue weighted by molar-refractivity contribution is 7.89.